The van der Waals surface area contributed by atoms with Gasteiger partial charge in [0.25, 0.3) is 0 Å². The summed E-state index contributed by atoms with van der Waals surface area (Å²) in [6, 6.07) is 8.58. The van der Waals surface area contributed by atoms with Gasteiger partial charge in [-0.3, -0.25) is 4.74 Å². The molecule has 208 valence electrons. The number of ether oxygens (including phenoxy) is 4. The van der Waals surface area contributed by atoms with E-state index in [0.29, 0.717) is 31.8 Å². The molecular formula is C30H33F3N2O4. The average Bonchev–Trinajstić information content (AvgIpc) is 3.62. The summed E-state index contributed by atoms with van der Waals surface area (Å²) >= 11 is 0. The molecule has 1 aliphatic carbocycles. The van der Waals surface area contributed by atoms with Gasteiger partial charge in [-0.15, -0.1) is 13.2 Å². The van der Waals surface area contributed by atoms with Gasteiger partial charge in [-0.05, 0) is 73.4 Å². The van der Waals surface area contributed by atoms with E-state index in [9.17, 15) is 13.2 Å². The molecule has 4 heterocycles. The second-order valence-corrected chi connectivity index (χ2v) is 11.2. The summed E-state index contributed by atoms with van der Waals surface area (Å²) in [5.41, 5.74) is 7.13. The average molecular weight is 543 g/mol. The van der Waals surface area contributed by atoms with Crippen molar-refractivity contribution in [1.29, 1.82) is 0 Å². The number of alkyl halides is 3. The highest BCUT2D eigenvalue weighted by Gasteiger charge is 2.42. The Morgan fingerprint density at radius 1 is 0.949 bits per heavy atom. The molecule has 1 saturated carbocycles. The Labute approximate surface area is 226 Å². The molecule has 0 radical (unpaired) electrons. The second-order valence-electron chi connectivity index (χ2n) is 11.2. The smallest absolute Gasteiger partial charge is 0.495 e. The molecule has 0 bridgehead atoms. The number of anilines is 1. The normalized spacial score (nSPS) is 22.9. The fourth-order valence-electron chi connectivity index (χ4n) is 7.38. The van der Waals surface area contributed by atoms with E-state index in [1.807, 2.05) is 6.07 Å². The maximum absolute atomic E-state index is 12.9. The molecule has 0 aromatic heterocycles. The molecule has 6 nitrogen and oxygen atoms in total. The van der Waals surface area contributed by atoms with Gasteiger partial charge in [-0.1, -0.05) is 18.9 Å². The van der Waals surface area contributed by atoms with Crippen LogP contribution in [0.4, 0.5) is 18.9 Å². The van der Waals surface area contributed by atoms with Crippen LogP contribution >= 0.6 is 0 Å². The zero-order valence-electron chi connectivity index (χ0n) is 22.1. The third kappa shape index (κ3) is 4.39. The fraction of sp³-hybridized carbons (Fsp3) is 0.533. The Bertz CT molecular complexity index is 1300. The van der Waals surface area contributed by atoms with Crippen LogP contribution in [0.1, 0.15) is 66.8 Å². The van der Waals surface area contributed by atoms with Gasteiger partial charge in [0, 0.05) is 36.5 Å². The van der Waals surface area contributed by atoms with Gasteiger partial charge in [0.1, 0.15) is 5.75 Å². The predicted molar refractivity (Wildman–Crippen MR) is 141 cm³/mol. The molecule has 2 aromatic rings. The Kier molecular flexibility index (Phi) is 6.10. The first-order valence-corrected chi connectivity index (χ1v) is 14.0. The highest BCUT2D eigenvalue weighted by Crippen LogP contribution is 2.54. The molecule has 1 saturated heterocycles. The van der Waals surface area contributed by atoms with Crippen LogP contribution in [0.25, 0.3) is 11.8 Å². The summed E-state index contributed by atoms with van der Waals surface area (Å²) in [4.78, 5) is 4.80. The van der Waals surface area contributed by atoms with Gasteiger partial charge >= 0.3 is 6.36 Å². The van der Waals surface area contributed by atoms with Crippen molar-refractivity contribution >= 4 is 17.5 Å². The zero-order valence-corrected chi connectivity index (χ0v) is 22.1. The number of piperidine rings is 1. The van der Waals surface area contributed by atoms with Crippen LogP contribution in [0, 0.1) is 5.92 Å². The fourth-order valence-corrected chi connectivity index (χ4v) is 7.38. The zero-order chi connectivity index (χ0) is 26.7. The van der Waals surface area contributed by atoms with E-state index in [-0.39, 0.29) is 12.8 Å². The Morgan fingerprint density at radius 3 is 2.41 bits per heavy atom. The molecule has 1 atom stereocenters. The van der Waals surface area contributed by atoms with Crippen molar-refractivity contribution in [3.63, 3.8) is 0 Å². The lowest BCUT2D eigenvalue weighted by atomic mass is 9.79. The standard InChI is InChI=1S/C30H33F3N2O4/c1-36-24-7-6-20-14-23-22-16-26-25(37-17-38-26)15-19(22)8-13-35(23)28(18-4-2-3-5-18)27(20)29(24)34-11-9-21(10-12-34)39-30(31,32)33/h6-7,14-16,18,21,28H,2-5,8-13,17H2,1H3/t28-/m0/s1. The van der Waals surface area contributed by atoms with Gasteiger partial charge in [-0.25, -0.2) is 0 Å². The van der Waals surface area contributed by atoms with Gasteiger partial charge in [0.05, 0.1) is 24.9 Å². The van der Waals surface area contributed by atoms with Crippen LogP contribution in [0.5, 0.6) is 17.2 Å². The Hall–Kier alpha value is -3.07. The first-order chi connectivity index (χ1) is 18.9. The van der Waals surface area contributed by atoms with Crippen molar-refractivity contribution in [2.24, 2.45) is 5.92 Å². The number of nitrogens with zero attached hydrogens (tertiary/aromatic N) is 2. The topological polar surface area (TPSA) is 43.4 Å². The quantitative estimate of drug-likeness (QED) is 0.438. The number of hydrogen-bond acceptors (Lipinski definition) is 6. The lowest BCUT2D eigenvalue weighted by molar-refractivity contribution is -0.344. The largest absolute Gasteiger partial charge is 0.522 e. The molecule has 7 rings (SSSR count). The van der Waals surface area contributed by atoms with E-state index >= 15 is 0 Å². The van der Waals surface area contributed by atoms with Gasteiger partial charge in [-0.2, -0.15) is 0 Å². The minimum Gasteiger partial charge on any atom is -0.495 e. The van der Waals surface area contributed by atoms with Crippen molar-refractivity contribution in [3.05, 3.63) is 46.5 Å². The molecule has 9 heteroatoms. The summed E-state index contributed by atoms with van der Waals surface area (Å²) in [6.45, 7) is 2.14. The maximum Gasteiger partial charge on any atom is 0.522 e. The van der Waals surface area contributed by atoms with Crippen LogP contribution in [-0.4, -0.2) is 50.9 Å². The summed E-state index contributed by atoms with van der Waals surface area (Å²) in [7, 11) is 1.68. The van der Waals surface area contributed by atoms with Crippen LogP contribution < -0.4 is 19.1 Å². The van der Waals surface area contributed by atoms with Crippen LogP contribution in [0.3, 0.4) is 0 Å². The monoisotopic (exact) mass is 542 g/mol. The molecule has 0 unspecified atom stereocenters. The summed E-state index contributed by atoms with van der Waals surface area (Å²) in [5, 5.41) is 0. The molecule has 5 aliphatic rings. The Morgan fingerprint density at radius 2 is 1.69 bits per heavy atom. The minimum atomic E-state index is -4.60. The van der Waals surface area contributed by atoms with Crippen LogP contribution in [0.2, 0.25) is 0 Å². The Balaban J connectivity index is 1.32. The molecule has 2 fully saturated rings. The van der Waals surface area contributed by atoms with E-state index < -0.39 is 12.5 Å². The number of fused-ring (bicyclic) bond motifs is 5. The van der Waals surface area contributed by atoms with Crippen LogP contribution in [-0.2, 0) is 11.2 Å². The lowest BCUT2D eigenvalue weighted by Crippen LogP contribution is -2.42. The minimum absolute atomic E-state index is 0.176. The van der Waals surface area contributed by atoms with Crippen LogP contribution in [0.15, 0.2) is 24.3 Å². The lowest BCUT2D eigenvalue weighted by Gasteiger charge is -2.47. The van der Waals surface area contributed by atoms with Gasteiger partial charge < -0.3 is 24.0 Å². The third-order valence-electron chi connectivity index (χ3n) is 9.07. The van der Waals surface area contributed by atoms with E-state index in [0.717, 1.165) is 41.5 Å². The van der Waals surface area contributed by atoms with E-state index in [2.05, 4.69) is 38.8 Å². The molecule has 4 aliphatic heterocycles. The second kappa shape index (κ2) is 9.54. The number of methoxy groups -OCH3 is 1. The summed E-state index contributed by atoms with van der Waals surface area (Å²) < 4.78 is 60.3. The summed E-state index contributed by atoms with van der Waals surface area (Å²) in [6.07, 6.45) is 3.21. The number of benzene rings is 2. The molecular weight excluding hydrogens is 509 g/mol. The predicted octanol–water partition coefficient (Wildman–Crippen LogP) is 6.53. The van der Waals surface area contributed by atoms with Crippen molar-refractivity contribution in [3.8, 4) is 17.2 Å². The van der Waals surface area contributed by atoms with E-state index in [1.54, 1.807) is 7.11 Å². The highest BCUT2D eigenvalue weighted by molar-refractivity contribution is 5.89. The highest BCUT2D eigenvalue weighted by atomic mass is 19.4. The first-order valence-electron chi connectivity index (χ1n) is 14.0. The molecule has 0 amide bonds. The summed E-state index contributed by atoms with van der Waals surface area (Å²) in [5.74, 6) is 2.89. The number of hydrogen-bond donors (Lipinski definition) is 0. The molecule has 39 heavy (non-hydrogen) atoms. The van der Waals surface area contributed by atoms with Gasteiger partial charge in [0.2, 0.25) is 6.79 Å². The maximum atomic E-state index is 12.9. The molecule has 2 aromatic carbocycles. The van der Waals surface area contributed by atoms with Crippen molar-refractivity contribution in [2.75, 3.05) is 38.4 Å². The molecule has 0 spiro atoms. The SMILES string of the molecule is COc1ccc2c(c1N1CCC(OC(F)(F)F)CC1)[C@H](C1CCCC1)N1CCc3cc4c(cc3C1=C2)OCO4. The number of rotatable bonds is 4. The molecule has 0 N–H and O–H groups in total. The van der Waals surface area contributed by atoms with E-state index in [1.165, 1.54) is 48.1 Å². The van der Waals surface area contributed by atoms with Gasteiger partial charge in [0.15, 0.2) is 11.5 Å². The van der Waals surface area contributed by atoms with E-state index in [4.69, 9.17) is 14.2 Å². The van der Waals surface area contributed by atoms with Crippen molar-refractivity contribution in [1.82, 2.24) is 4.90 Å². The third-order valence-corrected chi connectivity index (χ3v) is 9.07. The number of halogens is 3. The van der Waals surface area contributed by atoms with Crippen molar-refractivity contribution < 1.29 is 32.1 Å². The van der Waals surface area contributed by atoms with Crippen molar-refractivity contribution in [2.45, 2.75) is 63.5 Å². The first kappa shape index (κ1) is 24.9.